The predicted molar refractivity (Wildman–Crippen MR) is 77.6 cm³/mol. The van der Waals surface area contributed by atoms with E-state index in [1.807, 2.05) is 19.1 Å². The monoisotopic (exact) mass is 333 g/mol. The van der Waals surface area contributed by atoms with Gasteiger partial charge >= 0.3 is 0 Å². The van der Waals surface area contributed by atoms with Gasteiger partial charge in [-0.3, -0.25) is 4.79 Å². The van der Waals surface area contributed by atoms with Gasteiger partial charge in [-0.15, -0.1) is 11.6 Å². The number of hydrogen-bond acceptors (Lipinski definition) is 2. The highest BCUT2D eigenvalue weighted by Gasteiger charge is 2.17. The first-order valence-electron chi connectivity index (χ1n) is 5.82. The molecular formula is C13H17BrClNO2. The van der Waals surface area contributed by atoms with Crippen LogP contribution in [0.3, 0.4) is 0 Å². The highest BCUT2D eigenvalue weighted by atomic mass is 79.9. The number of halogens is 2. The topological polar surface area (TPSA) is 29.5 Å². The molecule has 0 aliphatic carbocycles. The average molecular weight is 335 g/mol. The molecule has 0 fully saturated rings. The SMILES string of the molecule is CCCN(CCCl)C(=O)c1cc(OC)ccc1Br. The van der Waals surface area contributed by atoms with E-state index in [0.29, 0.717) is 30.3 Å². The Morgan fingerprint density at radius 1 is 1.44 bits per heavy atom. The van der Waals surface area contributed by atoms with Gasteiger partial charge in [-0.05, 0) is 40.5 Å². The molecule has 0 heterocycles. The molecule has 0 radical (unpaired) electrons. The van der Waals surface area contributed by atoms with Crippen LogP contribution in [0.25, 0.3) is 0 Å². The molecule has 0 aliphatic heterocycles. The minimum atomic E-state index is -0.0247. The summed E-state index contributed by atoms with van der Waals surface area (Å²) in [7, 11) is 1.58. The molecule has 0 saturated carbocycles. The molecule has 1 rings (SSSR count). The van der Waals surface area contributed by atoms with E-state index in [0.717, 1.165) is 10.9 Å². The minimum absolute atomic E-state index is 0.0247. The Hall–Kier alpha value is -0.740. The van der Waals surface area contributed by atoms with Crippen LogP contribution in [-0.2, 0) is 0 Å². The summed E-state index contributed by atoms with van der Waals surface area (Å²) in [5, 5.41) is 0. The number of hydrogen-bond donors (Lipinski definition) is 0. The molecule has 0 aromatic heterocycles. The summed E-state index contributed by atoms with van der Waals surface area (Å²) >= 11 is 9.13. The first-order chi connectivity index (χ1) is 8.63. The molecule has 0 N–H and O–H groups in total. The van der Waals surface area contributed by atoms with Gasteiger partial charge in [0.1, 0.15) is 5.75 Å². The molecule has 5 heteroatoms. The van der Waals surface area contributed by atoms with E-state index >= 15 is 0 Å². The fourth-order valence-corrected chi connectivity index (χ4v) is 2.27. The van der Waals surface area contributed by atoms with E-state index in [9.17, 15) is 4.79 Å². The third kappa shape index (κ3) is 3.89. The van der Waals surface area contributed by atoms with E-state index < -0.39 is 0 Å². The number of methoxy groups -OCH3 is 1. The van der Waals surface area contributed by atoms with Crippen LogP contribution in [-0.4, -0.2) is 36.9 Å². The second-order valence-electron chi connectivity index (χ2n) is 3.83. The smallest absolute Gasteiger partial charge is 0.255 e. The zero-order valence-corrected chi connectivity index (χ0v) is 12.9. The largest absolute Gasteiger partial charge is 0.497 e. The lowest BCUT2D eigenvalue weighted by atomic mass is 10.2. The van der Waals surface area contributed by atoms with Gasteiger partial charge in [0, 0.05) is 23.4 Å². The van der Waals surface area contributed by atoms with Gasteiger partial charge in [-0.25, -0.2) is 0 Å². The third-order valence-corrected chi connectivity index (χ3v) is 3.40. The summed E-state index contributed by atoms with van der Waals surface area (Å²) in [5.41, 5.74) is 0.605. The summed E-state index contributed by atoms with van der Waals surface area (Å²) < 4.78 is 5.91. The molecule has 3 nitrogen and oxygen atoms in total. The zero-order chi connectivity index (χ0) is 13.5. The Balaban J connectivity index is 2.99. The molecule has 0 bridgehead atoms. The van der Waals surface area contributed by atoms with Gasteiger partial charge in [0.05, 0.1) is 12.7 Å². The van der Waals surface area contributed by atoms with Crippen molar-refractivity contribution < 1.29 is 9.53 Å². The first kappa shape index (κ1) is 15.3. The van der Waals surface area contributed by atoms with Crippen molar-refractivity contribution >= 4 is 33.4 Å². The van der Waals surface area contributed by atoms with E-state index in [1.165, 1.54) is 0 Å². The number of rotatable bonds is 6. The highest BCUT2D eigenvalue weighted by Crippen LogP contribution is 2.24. The molecule has 1 amide bonds. The second kappa shape index (κ2) is 7.64. The van der Waals surface area contributed by atoms with Crippen molar-refractivity contribution in [2.45, 2.75) is 13.3 Å². The maximum Gasteiger partial charge on any atom is 0.255 e. The summed E-state index contributed by atoms with van der Waals surface area (Å²) in [6.07, 6.45) is 0.907. The molecule has 0 saturated heterocycles. The van der Waals surface area contributed by atoms with Gasteiger partial charge < -0.3 is 9.64 Å². The van der Waals surface area contributed by atoms with Crippen LogP contribution in [0.2, 0.25) is 0 Å². The fraction of sp³-hybridized carbons (Fsp3) is 0.462. The Bertz CT molecular complexity index is 406. The highest BCUT2D eigenvalue weighted by molar-refractivity contribution is 9.10. The normalized spacial score (nSPS) is 10.2. The molecule has 0 aliphatic rings. The van der Waals surface area contributed by atoms with Gasteiger partial charge in [-0.1, -0.05) is 6.92 Å². The van der Waals surface area contributed by atoms with E-state index in [-0.39, 0.29) is 5.91 Å². The van der Waals surface area contributed by atoms with Gasteiger partial charge in [0.25, 0.3) is 5.91 Å². The average Bonchev–Trinajstić information content (AvgIpc) is 2.38. The summed E-state index contributed by atoms with van der Waals surface area (Å²) in [6, 6.07) is 5.37. The van der Waals surface area contributed by atoms with Gasteiger partial charge in [0.2, 0.25) is 0 Å². The number of carbonyl (C=O) groups excluding carboxylic acids is 1. The van der Waals surface area contributed by atoms with Crippen LogP contribution < -0.4 is 4.74 Å². The predicted octanol–water partition coefficient (Wildman–Crippen LogP) is 3.55. The quantitative estimate of drug-likeness (QED) is 0.745. The van der Waals surface area contributed by atoms with Crippen LogP contribution in [0.5, 0.6) is 5.75 Å². The molecule has 18 heavy (non-hydrogen) atoms. The van der Waals surface area contributed by atoms with Crippen molar-refractivity contribution in [2.75, 3.05) is 26.1 Å². The Morgan fingerprint density at radius 3 is 2.72 bits per heavy atom. The van der Waals surface area contributed by atoms with Crippen LogP contribution in [0, 0.1) is 0 Å². The van der Waals surface area contributed by atoms with Crippen LogP contribution >= 0.6 is 27.5 Å². The minimum Gasteiger partial charge on any atom is -0.497 e. The van der Waals surface area contributed by atoms with Crippen molar-refractivity contribution in [3.63, 3.8) is 0 Å². The number of amides is 1. The fourth-order valence-electron chi connectivity index (χ4n) is 1.65. The lowest BCUT2D eigenvalue weighted by Gasteiger charge is -2.21. The van der Waals surface area contributed by atoms with Crippen molar-refractivity contribution in [2.24, 2.45) is 0 Å². The zero-order valence-electron chi connectivity index (χ0n) is 10.6. The Labute approximate surface area is 121 Å². The van der Waals surface area contributed by atoms with Crippen LogP contribution in [0.15, 0.2) is 22.7 Å². The summed E-state index contributed by atoms with van der Waals surface area (Å²) in [5.74, 6) is 1.08. The molecule has 1 aromatic carbocycles. The summed E-state index contributed by atoms with van der Waals surface area (Å²) in [4.78, 5) is 14.2. The number of alkyl halides is 1. The molecule has 0 unspecified atom stereocenters. The summed E-state index contributed by atoms with van der Waals surface area (Å²) in [6.45, 7) is 3.29. The molecule has 1 aromatic rings. The Kier molecular flexibility index (Phi) is 6.50. The van der Waals surface area contributed by atoms with Gasteiger partial charge in [0.15, 0.2) is 0 Å². The molecule has 0 spiro atoms. The van der Waals surface area contributed by atoms with Crippen molar-refractivity contribution in [1.29, 1.82) is 0 Å². The first-order valence-corrected chi connectivity index (χ1v) is 7.15. The number of carbonyl (C=O) groups is 1. The second-order valence-corrected chi connectivity index (χ2v) is 5.06. The molecular weight excluding hydrogens is 318 g/mol. The number of nitrogens with zero attached hydrogens (tertiary/aromatic N) is 1. The van der Waals surface area contributed by atoms with E-state index in [2.05, 4.69) is 15.9 Å². The maximum absolute atomic E-state index is 12.4. The van der Waals surface area contributed by atoms with Crippen LogP contribution in [0.1, 0.15) is 23.7 Å². The number of benzene rings is 1. The molecule has 0 atom stereocenters. The lowest BCUT2D eigenvalue weighted by molar-refractivity contribution is 0.0764. The lowest BCUT2D eigenvalue weighted by Crippen LogP contribution is -2.33. The van der Waals surface area contributed by atoms with Crippen molar-refractivity contribution in [3.05, 3.63) is 28.2 Å². The van der Waals surface area contributed by atoms with E-state index in [1.54, 1.807) is 18.1 Å². The van der Waals surface area contributed by atoms with Gasteiger partial charge in [-0.2, -0.15) is 0 Å². The van der Waals surface area contributed by atoms with Crippen molar-refractivity contribution in [1.82, 2.24) is 4.90 Å². The Morgan fingerprint density at radius 2 is 2.17 bits per heavy atom. The maximum atomic E-state index is 12.4. The standard InChI is InChI=1S/C13H17BrClNO2/c1-3-7-16(8-6-15)13(17)11-9-10(18-2)4-5-12(11)14/h4-5,9H,3,6-8H2,1-2H3. The van der Waals surface area contributed by atoms with Crippen LogP contribution in [0.4, 0.5) is 0 Å². The number of ether oxygens (including phenoxy) is 1. The van der Waals surface area contributed by atoms with E-state index in [4.69, 9.17) is 16.3 Å². The third-order valence-electron chi connectivity index (χ3n) is 2.54. The van der Waals surface area contributed by atoms with Crippen molar-refractivity contribution in [3.8, 4) is 5.75 Å². The molecule has 100 valence electrons.